The highest BCUT2D eigenvalue weighted by molar-refractivity contribution is 6.05. The highest BCUT2D eigenvalue weighted by Gasteiger charge is 2.29. The van der Waals surface area contributed by atoms with Crippen LogP contribution < -0.4 is 20.1 Å². The van der Waals surface area contributed by atoms with Gasteiger partial charge in [0.05, 0.1) is 7.11 Å². The molecule has 0 saturated heterocycles. The number of para-hydroxylation sites is 1. The summed E-state index contributed by atoms with van der Waals surface area (Å²) in [5.41, 5.74) is 8.02. The van der Waals surface area contributed by atoms with Crippen LogP contribution in [0.25, 0.3) is 6.08 Å². The quantitative estimate of drug-likeness (QED) is 0.797. The molecule has 6 heteroatoms. The second-order valence-electron chi connectivity index (χ2n) is 6.39. The molecule has 0 bridgehead atoms. The summed E-state index contributed by atoms with van der Waals surface area (Å²) in [5, 5.41) is 0. The van der Waals surface area contributed by atoms with Gasteiger partial charge in [-0.3, -0.25) is 9.59 Å². The lowest BCUT2D eigenvalue weighted by atomic mass is 10.1. The first kappa shape index (κ1) is 18.5. The lowest BCUT2D eigenvalue weighted by molar-refractivity contribution is -0.120. The average molecular weight is 366 g/mol. The van der Waals surface area contributed by atoms with Gasteiger partial charge in [-0.1, -0.05) is 24.3 Å². The maximum atomic E-state index is 12.7. The fourth-order valence-corrected chi connectivity index (χ4v) is 3.21. The van der Waals surface area contributed by atoms with Crippen LogP contribution in [-0.2, 0) is 16.0 Å². The minimum Gasteiger partial charge on any atom is -0.493 e. The van der Waals surface area contributed by atoms with Crippen molar-refractivity contribution < 1.29 is 19.1 Å². The molecule has 1 atom stereocenters. The van der Waals surface area contributed by atoms with Gasteiger partial charge < -0.3 is 20.1 Å². The smallest absolute Gasteiger partial charge is 0.255 e. The Morgan fingerprint density at radius 3 is 2.74 bits per heavy atom. The number of anilines is 1. The van der Waals surface area contributed by atoms with Crippen LogP contribution in [0.2, 0.25) is 0 Å². The van der Waals surface area contributed by atoms with Crippen LogP contribution in [0.5, 0.6) is 11.5 Å². The van der Waals surface area contributed by atoms with E-state index in [4.69, 9.17) is 15.2 Å². The van der Waals surface area contributed by atoms with Crippen molar-refractivity contribution in [2.45, 2.75) is 19.4 Å². The lowest BCUT2D eigenvalue weighted by Crippen LogP contribution is -2.34. The van der Waals surface area contributed by atoms with E-state index in [1.165, 1.54) is 12.7 Å². The predicted octanol–water partition coefficient (Wildman–Crippen LogP) is 2.55. The maximum absolute atomic E-state index is 12.7. The minimum atomic E-state index is -0.563. The zero-order valence-corrected chi connectivity index (χ0v) is 15.3. The number of fused-ring (bicyclic) bond motifs is 1. The van der Waals surface area contributed by atoms with E-state index in [9.17, 15) is 9.59 Å². The van der Waals surface area contributed by atoms with E-state index >= 15 is 0 Å². The van der Waals surface area contributed by atoms with E-state index in [0.29, 0.717) is 11.5 Å². The SMILES string of the molecule is COc1cc(/C=C/C(=O)N2c3ccccc3CC2C)ccc1OCC(N)=O. The Balaban J connectivity index is 1.76. The number of nitrogens with two attached hydrogens (primary N) is 1. The minimum absolute atomic E-state index is 0.0690. The molecule has 0 fully saturated rings. The molecule has 0 spiro atoms. The van der Waals surface area contributed by atoms with Crippen molar-refractivity contribution in [2.24, 2.45) is 5.73 Å². The summed E-state index contributed by atoms with van der Waals surface area (Å²) < 4.78 is 10.6. The van der Waals surface area contributed by atoms with Crippen molar-refractivity contribution >= 4 is 23.6 Å². The third-order valence-electron chi connectivity index (χ3n) is 4.42. The summed E-state index contributed by atoms with van der Waals surface area (Å²) in [5.74, 6) is 0.250. The number of hydrogen-bond donors (Lipinski definition) is 1. The predicted molar refractivity (Wildman–Crippen MR) is 104 cm³/mol. The molecule has 2 amide bonds. The molecule has 0 aromatic heterocycles. The van der Waals surface area contributed by atoms with E-state index in [1.54, 1.807) is 30.4 Å². The molecule has 140 valence electrons. The highest BCUT2D eigenvalue weighted by Crippen LogP contribution is 2.32. The molecule has 2 aromatic carbocycles. The van der Waals surface area contributed by atoms with Crippen molar-refractivity contribution in [3.63, 3.8) is 0 Å². The van der Waals surface area contributed by atoms with Gasteiger partial charge in [0.15, 0.2) is 18.1 Å². The van der Waals surface area contributed by atoms with Gasteiger partial charge in [-0.2, -0.15) is 0 Å². The number of ether oxygens (including phenoxy) is 2. The van der Waals surface area contributed by atoms with E-state index in [0.717, 1.165) is 17.7 Å². The number of carbonyl (C=O) groups is 2. The number of hydrogen-bond acceptors (Lipinski definition) is 4. The zero-order chi connectivity index (χ0) is 19.4. The van der Waals surface area contributed by atoms with Gasteiger partial charge in [-0.25, -0.2) is 0 Å². The standard InChI is InChI=1S/C21H22N2O4/c1-14-11-16-5-3-4-6-17(16)23(14)21(25)10-8-15-7-9-18(19(12-15)26-2)27-13-20(22)24/h3-10,12,14H,11,13H2,1-2H3,(H2,22,24)/b10-8+. The number of primary amides is 1. The van der Waals surface area contributed by atoms with Crippen LogP contribution in [0.15, 0.2) is 48.5 Å². The Kier molecular flexibility index (Phi) is 5.45. The van der Waals surface area contributed by atoms with Crippen LogP contribution >= 0.6 is 0 Å². The van der Waals surface area contributed by atoms with Crippen molar-refractivity contribution in [3.05, 3.63) is 59.7 Å². The summed E-state index contributed by atoms with van der Waals surface area (Å²) in [7, 11) is 1.51. The molecule has 0 saturated carbocycles. The van der Waals surface area contributed by atoms with Crippen LogP contribution in [0, 0.1) is 0 Å². The maximum Gasteiger partial charge on any atom is 0.255 e. The summed E-state index contributed by atoms with van der Waals surface area (Å²) in [6.45, 7) is 1.82. The topological polar surface area (TPSA) is 81.9 Å². The van der Waals surface area contributed by atoms with Gasteiger partial charge in [-0.05, 0) is 48.7 Å². The number of benzene rings is 2. The first-order valence-corrected chi connectivity index (χ1v) is 8.68. The molecular formula is C21H22N2O4. The summed E-state index contributed by atoms with van der Waals surface area (Å²) in [6.07, 6.45) is 4.14. The molecule has 3 rings (SSSR count). The molecule has 1 unspecified atom stereocenters. The number of amides is 2. The monoisotopic (exact) mass is 366 g/mol. The first-order valence-electron chi connectivity index (χ1n) is 8.68. The third-order valence-corrected chi connectivity index (χ3v) is 4.42. The summed E-state index contributed by atoms with van der Waals surface area (Å²) in [6, 6.07) is 13.3. The molecule has 1 heterocycles. The summed E-state index contributed by atoms with van der Waals surface area (Å²) in [4.78, 5) is 25.4. The molecule has 0 radical (unpaired) electrons. The molecule has 1 aliphatic rings. The van der Waals surface area contributed by atoms with Crippen LogP contribution in [0.1, 0.15) is 18.1 Å². The van der Waals surface area contributed by atoms with E-state index in [-0.39, 0.29) is 18.6 Å². The molecule has 1 aliphatic heterocycles. The molecule has 0 aliphatic carbocycles. The van der Waals surface area contributed by atoms with Crippen molar-refractivity contribution in [1.82, 2.24) is 0 Å². The van der Waals surface area contributed by atoms with Gasteiger partial charge in [-0.15, -0.1) is 0 Å². The fraction of sp³-hybridized carbons (Fsp3) is 0.238. The second kappa shape index (κ2) is 7.95. The van der Waals surface area contributed by atoms with E-state index < -0.39 is 5.91 Å². The Morgan fingerprint density at radius 1 is 1.22 bits per heavy atom. The summed E-state index contributed by atoms with van der Waals surface area (Å²) >= 11 is 0. The van der Waals surface area contributed by atoms with E-state index in [2.05, 4.69) is 6.07 Å². The van der Waals surface area contributed by atoms with Crippen molar-refractivity contribution in [1.29, 1.82) is 0 Å². The van der Waals surface area contributed by atoms with Crippen LogP contribution in [-0.4, -0.2) is 31.6 Å². The van der Waals surface area contributed by atoms with Gasteiger partial charge in [0, 0.05) is 17.8 Å². The van der Waals surface area contributed by atoms with Gasteiger partial charge in [0.2, 0.25) is 0 Å². The van der Waals surface area contributed by atoms with E-state index in [1.807, 2.05) is 30.0 Å². The van der Waals surface area contributed by atoms with Crippen LogP contribution in [0.4, 0.5) is 5.69 Å². The molecule has 2 N–H and O–H groups in total. The molecular weight excluding hydrogens is 344 g/mol. The Hall–Kier alpha value is -3.28. The number of rotatable bonds is 6. The Labute approximate surface area is 158 Å². The average Bonchev–Trinajstić information content (AvgIpc) is 3.00. The van der Waals surface area contributed by atoms with Crippen molar-refractivity contribution in [3.8, 4) is 11.5 Å². The largest absolute Gasteiger partial charge is 0.493 e. The first-order chi connectivity index (χ1) is 13.0. The zero-order valence-electron chi connectivity index (χ0n) is 15.3. The fourth-order valence-electron chi connectivity index (χ4n) is 3.21. The van der Waals surface area contributed by atoms with Crippen molar-refractivity contribution in [2.75, 3.05) is 18.6 Å². The van der Waals surface area contributed by atoms with Gasteiger partial charge >= 0.3 is 0 Å². The number of nitrogens with zero attached hydrogens (tertiary/aromatic N) is 1. The van der Waals surface area contributed by atoms with Crippen LogP contribution in [0.3, 0.4) is 0 Å². The normalized spacial score (nSPS) is 15.6. The third kappa shape index (κ3) is 4.11. The van der Waals surface area contributed by atoms with Gasteiger partial charge in [0.25, 0.3) is 11.8 Å². The number of methoxy groups -OCH3 is 1. The second-order valence-corrected chi connectivity index (χ2v) is 6.39. The lowest BCUT2D eigenvalue weighted by Gasteiger charge is -2.21. The molecule has 6 nitrogen and oxygen atoms in total. The molecule has 27 heavy (non-hydrogen) atoms. The van der Waals surface area contributed by atoms with Gasteiger partial charge in [0.1, 0.15) is 0 Å². The Bertz CT molecular complexity index is 892. The highest BCUT2D eigenvalue weighted by atomic mass is 16.5. The molecule has 2 aromatic rings. The Morgan fingerprint density at radius 2 is 2.00 bits per heavy atom. The number of carbonyl (C=O) groups excluding carboxylic acids is 2.